The van der Waals surface area contributed by atoms with Gasteiger partial charge in [-0.15, -0.1) is 0 Å². The van der Waals surface area contributed by atoms with E-state index >= 15 is 0 Å². The molecule has 0 N–H and O–H groups in total. The Balaban J connectivity index is 4.34. The molecule has 0 aliphatic heterocycles. The third kappa shape index (κ3) is 64.5. The molecule has 0 saturated carbocycles. The molecule has 6 nitrogen and oxygen atoms in total. The van der Waals surface area contributed by atoms with E-state index in [0.717, 1.165) is 141 Å². The third-order valence-electron chi connectivity index (χ3n) is 13.9. The highest BCUT2D eigenvalue weighted by molar-refractivity contribution is 5.71. The van der Waals surface area contributed by atoms with Gasteiger partial charge in [0.2, 0.25) is 0 Å². The van der Waals surface area contributed by atoms with Crippen LogP contribution in [0, 0.1) is 0 Å². The smallest absolute Gasteiger partial charge is 0.306 e. The molecule has 0 aliphatic carbocycles. The quantitative estimate of drug-likeness (QED) is 0.0261. The van der Waals surface area contributed by atoms with Crippen LogP contribution in [-0.4, -0.2) is 37.2 Å². The van der Waals surface area contributed by atoms with Crippen molar-refractivity contribution >= 4 is 17.9 Å². The zero-order valence-corrected chi connectivity index (χ0v) is 51.6. The van der Waals surface area contributed by atoms with Crippen LogP contribution < -0.4 is 0 Å². The molecule has 79 heavy (non-hydrogen) atoms. The van der Waals surface area contributed by atoms with E-state index in [1.165, 1.54) is 122 Å². The Hall–Kier alpha value is -4.19. The summed E-state index contributed by atoms with van der Waals surface area (Å²) in [6.45, 7) is 6.38. The van der Waals surface area contributed by atoms with E-state index in [1.807, 2.05) is 0 Å². The number of esters is 3. The van der Waals surface area contributed by atoms with Gasteiger partial charge in [-0.2, -0.15) is 0 Å². The van der Waals surface area contributed by atoms with Crippen LogP contribution in [0.2, 0.25) is 0 Å². The molecule has 0 aromatic carbocycles. The fourth-order valence-corrected chi connectivity index (χ4v) is 9.04. The molecule has 0 spiro atoms. The van der Waals surface area contributed by atoms with Gasteiger partial charge in [0.15, 0.2) is 6.10 Å². The molecular weight excluding hydrogens is 973 g/mol. The van der Waals surface area contributed by atoms with Crippen LogP contribution in [0.5, 0.6) is 0 Å². The van der Waals surface area contributed by atoms with Crippen molar-refractivity contribution in [2.24, 2.45) is 0 Å². The Labute approximate surface area is 488 Å². The van der Waals surface area contributed by atoms with Gasteiger partial charge in [0, 0.05) is 19.3 Å². The predicted molar refractivity (Wildman–Crippen MR) is 343 cm³/mol. The first-order valence-corrected chi connectivity index (χ1v) is 33.0. The summed E-state index contributed by atoms with van der Waals surface area (Å²) in [5, 5.41) is 0. The summed E-state index contributed by atoms with van der Waals surface area (Å²) < 4.78 is 16.9. The standard InChI is InChI=1S/C73H122O6/c1-4-7-10-13-16-19-22-25-27-29-31-33-34-35-36-37-38-40-41-43-45-48-51-54-57-60-63-66-72(75)78-69-70(68-77-71(74)65-62-59-56-53-50-47-24-21-18-15-12-9-6-3)79-73(76)67-64-61-58-55-52-49-46-44-42-39-32-30-28-26-23-20-17-14-11-8-5-2/h8-9,11-12,17-18,20-22,25-26,28-29,31-32,39,44,46-47,50,70H,4-7,10,13-16,19,23-24,27,30,33-38,40-43,45,48-49,51-69H2,1-3H3/b11-8-,12-9-,20-17-,21-18-,25-22-,28-26-,31-29-,39-32-,46-44-,50-47-. The van der Waals surface area contributed by atoms with Crippen molar-refractivity contribution in [1.29, 1.82) is 0 Å². The van der Waals surface area contributed by atoms with E-state index < -0.39 is 6.10 Å². The van der Waals surface area contributed by atoms with Crippen LogP contribution in [0.25, 0.3) is 0 Å². The number of rotatable bonds is 59. The number of hydrogen-bond donors (Lipinski definition) is 0. The number of carbonyl (C=O) groups is 3. The molecule has 6 heteroatoms. The monoisotopic (exact) mass is 1090 g/mol. The normalized spacial score (nSPS) is 12.9. The Bertz CT molecular complexity index is 1640. The summed E-state index contributed by atoms with van der Waals surface area (Å²) in [6, 6.07) is 0. The molecule has 0 aromatic rings. The fourth-order valence-electron chi connectivity index (χ4n) is 9.04. The van der Waals surface area contributed by atoms with Crippen molar-refractivity contribution in [3.63, 3.8) is 0 Å². The Morgan fingerprint density at radius 2 is 0.494 bits per heavy atom. The summed E-state index contributed by atoms with van der Waals surface area (Å²) in [4.78, 5) is 38.3. The molecule has 0 fully saturated rings. The molecule has 0 bridgehead atoms. The van der Waals surface area contributed by atoms with Crippen molar-refractivity contribution < 1.29 is 28.6 Å². The first-order chi connectivity index (χ1) is 39.0. The molecule has 0 heterocycles. The molecule has 0 rings (SSSR count). The zero-order valence-electron chi connectivity index (χ0n) is 51.6. The lowest BCUT2D eigenvalue weighted by Crippen LogP contribution is -2.30. The van der Waals surface area contributed by atoms with E-state index in [4.69, 9.17) is 14.2 Å². The molecule has 1 unspecified atom stereocenters. The second-order valence-electron chi connectivity index (χ2n) is 21.6. The van der Waals surface area contributed by atoms with Crippen molar-refractivity contribution in [2.45, 2.75) is 309 Å². The van der Waals surface area contributed by atoms with Gasteiger partial charge in [-0.05, 0) is 128 Å². The summed E-state index contributed by atoms with van der Waals surface area (Å²) >= 11 is 0. The largest absolute Gasteiger partial charge is 0.462 e. The number of allylic oxidation sites excluding steroid dienone is 20. The summed E-state index contributed by atoms with van der Waals surface area (Å²) in [5.41, 5.74) is 0. The lowest BCUT2D eigenvalue weighted by molar-refractivity contribution is -0.167. The predicted octanol–water partition coefficient (Wildman–Crippen LogP) is 22.8. The number of unbranched alkanes of at least 4 members (excludes halogenated alkanes) is 28. The van der Waals surface area contributed by atoms with E-state index in [9.17, 15) is 14.4 Å². The van der Waals surface area contributed by atoms with Crippen molar-refractivity contribution in [3.8, 4) is 0 Å². The molecule has 450 valence electrons. The number of hydrogen-bond acceptors (Lipinski definition) is 6. The number of carbonyl (C=O) groups excluding carboxylic acids is 3. The minimum Gasteiger partial charge on any atom is -0.462 e. The fraction of sp³-hybridized carbons (Fsp3) is 0.685. The molecule has 1 atom stereocenters. The van der Waals surface area contributed by atoms with Gasteiger partial charge in [-0.25, -0.2) is 0 Å². The third-order valence-corrected chi connectivity index (χ3v) is 13.9. The van der Waals surface area contributed by atoms with Crippen molar-refractivity contribution in [2.75, 3.05) is 13.2 Å². The Kier molecular flexibility index (Phi) is 62.8. The second kappa shape index (κ2) is 66.3. The van der Waals surface area contributed by atoms with Crippen LogP contribution in [-0.2, 0) is 28.6 Å². The molecule has 0 amide bonds. The van der Waals surface area contributed by atoms with Crippen molar-refractivity contribution in [1.82, 2.24) is 0 Å². The molecule has 0 radical (unpaired) electrons. The lowest BCUT2D eigenvalue weighted by Gasteiger charge is -2.18. The maximum atomic E-state index is 12.9. The second-order valence-corrected chi connectivity index (χ2v) is 21.6. The SMILES string of the molecule is CC/C=C\C/C=C\C/C=C\C/C=C\C/C=C\CCCCCCCC(=O)OC(COC(=O)CCCCC/C=C\C/C=C\C/C=C\CC)COC(=O)CCCCCCCCCCCCCCCCC/C=C\C/C=C\CCCCCCC. The maximum absolute atomic E-state index is 12.9. The van der Waals surface area contributed by atoms with Gasteiger partial charge in [0.1, 0.15) is 13.2 Å². The highest BCUT2D eigenvalue weighted by Gasteiger charge is 2.19. The van der Waals surface area contributed by atoms with Gasteiger partial charge in [-0.3, -0.25) is 14.4 Å². The van der Waals surface area contributed by atoms with E-state index in [-0.39, 0.29) is 31.1 Å². The molecule has 0 aliphatic rings. The van der Waals surface area contributed by atoms with Crippen LogP contribution >= 0.6 is 0 Å². The summed E-state index contributed by atoms with van der Waals surface area (Å²) in [7, 11) is 0. The molecule has 0 saturated heterocycles. The van der Waals surface area contributed by atoms with E-state index in [2.05, 4.69) is 142 Å². The van der Waals surface area contributed by atoms with Gasteiger partial charge in [0.25, 0.3) is 0 Å². The molecular formula is C73H122O6. The van der Waals surface area contributed by atoms with Crippen LogP contribution in [0.1, 0.15) is 303 Å². The first kappa shape index (κ1) is 74.8. The zero-order chi connectivity index (χ0) is 57.1. The number of ether oxygens (including phenoxy) is 3. The maximum Gasteiger partial charge on any atom is 0.306 e. The minimum atomic E-state index is -0.805. The average molecular weight is 1100 g/mol. The van der Waals surface area contributed by atoms with Gasteiger partial charge in [0.05, 0.1) is 0 Å². The summed E-state index contributed by atoms with van der Waals surface area (Å²) in [5.74, 6) is -0.941. The summed E-state index contributed by atoms with van der Waals surface area (Å²) in [6.07, 6.45) is 92.2. The van der Waals surface area contributed by atoms with Crippen LogP contribution in [0.3, 0.4) is 0 Å². The van der Waals surface area contributed by atoms with Gasteiger partial charge < -0.3 is 14.2 Å². The first-order valence-electron chi connectivity index (χ1n) is 33.0. The van der Waals surface area contributed by atoms with Gasteiger partial charge in [-0.1, -0.05) is 277 Å². The highest BCUT2D eigenvalue weighted by Crippen LogP contribution is 2.16. The highest BCUT2D eigenvalue weighted by atomic mass is 16.6. The van der Waals surface area contributed by atoms with Crippen molar-refractivity contribution in [3.05, 3.63) is 122 Å². The minimum absolute atomic E-state index is 0.0970. The van der Waals surface area contributed by atoms with Crippen LogP contribution in [0.15, 0.2) is 122 Å². The van der Waals surface area contributed by atoms with E-state index in [1.54, 1.807) is 0 Å². The molecule has 0 aromatic heterocycles. The topological polar surface area (TPSA) is 78.9 Å². The average Bonchev–Trinajstić information content (AvgIpc) is 3.45. The van der Waals surface area contributed by atoms with Gasteiger partial charge >= 0.3 is 17.9 Å². The van der Waals surface area contributed by atoms with E-state index in [0.29, 0.717) is 19.3 Å². The Morgan fingerprint density at radius 3 is 0.785 bits per heavy atom. The Morgan fingerprint density at radius 1 is 0.266 bits per heavy atom. The van der Waals surface area contributed by atoms with Crippen LogP contribution in [0.4, 0.5) is 0 Å². The lowest BCUT2D eigenvalue weighted by atomic mass is 10.0.